The number of nitrogens with one attached hydrogen (secondary N) is 1. The highest BCUT2D eigenvalue weighted by Crippen LogP contribution is 2.37. The van der Waals surface area contributed by atoms with Gasteiger partial charge in [0.05, 0.1) is 11.1 Å². The van der Waals surface area contributed by atoms with E-state index in [1.165, 1.54) is 23.5 Å². The number of rotatable bonds is 7. The lowest BCUT2D eigenvalue weighted by Gasteiger charge is -2.15. The molecule has 1 saturated heterocycles. The number of nitrogens with zero attached hydrogens (tertiary/aromatic N) is 3. The number of pyridine rings is 1. The third-order valence-electron chi connectivity index (χ3n) is 4.89. The van der Waals surface area contributed by atoms with Gasteiger partial charge in [0.2, 0.25) is 0 Å². The molecule has 7 nitrogen and oxygen atoms in total. The zero-order chi connectivity index (χ0) is 22.8. The summed E-state index contributed by atoms with van der Waals surface area (Å²) >= 11 is 7.73. The van der Waals surface area contributed by atoms with Gasteiger partial charge in [-0.15, -0.1) is 10.2 Å². The average molecular weight is 479 g/mol. The van der Waals surface area contributed by atoms with Gasteiger partial charge in [0.25, 0.3) is 0 Å². The Morgan fingerprint density at radius 1 is 1.28 bits per heavy atom. The number of hydrogen-bond acceptors (Lipinski definition) is 8. The molecule has 3 aromatic rings. The van der Waals surface area contributed by atoms with Gasteiger partial charge in [-0.25, -0.2) is 9.37 Å². The lowest BCUT2D eigenvalue weighted by molar-refractivity contribution is 0.0101. The van der Waals surface area contributed by atoms with Crippen LogP contribution in [-0.4, -0.2) is 51.8 Å². The Kier molecular flexibility index (Phi) is 6.90. The number of hydrogen-bond donors (Lipinski definition) is 2. The Morgan fingerprint density at radius 2 is 2.06 bits per heavy atom. The van der Waals surface area contributed by atoms with E-state index in [4.69, 9.17) is 21.1 Å². The van der Waals surface area contributed by atoms with Gasteiger partial charge >= 0.3 is 0 Å². The molecule has 0 aliphatic carbocycles. The summed E-state index contributed by atoms with van der Waals surface area (Å²) in [6.45, 7) is 6.50. The van der Waals surface area contributed by atoms with Gasteiger partial charge in [-0.2, -0.15) is 0 Å². The van der Waals surface area contributed by atoms with Crippen molar-refractivity contribution in [1.82, 2.24) is 15.2 Å². The first-order valence-corrected chi connectivity index (χ1v) is 11.5. The minimum Gasteiger partial charge on any atom is -0.488 e. The second-order valence-electron chi connectivity index (χ2n) is 7.93. The summed E-state index contributed by atoms with van der Waals surface area (Å²) in [6, 6.07) is 6.78. The van der Waals surface area contributed by atoms with E-state index in [1.807, 2.05) is 32.9 Å². The highest BCUT2D eigenvalue weighted by molar-refractivity contribution is 7.18. The molecule has 0 bridgehead atoms. The highest BCUT2D eigenvalue weighted by Gasteiger charge is 2.27. The van der Waals surface area contributed by atoms with Gasteiger partial charge in [-0.3, -0.25) is 0 Å². The molecule has 0 unspecified atom stereocenters. The standard InChI is InChI=1S/C22H24ClFN4O3S/c1-11(2)25-20-7-13(6-12(3)26-20)21-27-28-22(32-21)14-8-16(24)18(9-15(14)23)31-10-19-17(29)4-5-30-19/h6-9,11,17,19,29H,4-5,10H2,1-3H3,(H,25,26)/t17-,19+/m0/s1. The molecule has 0 amide bonds. The van der Waals surface area contributed by atoms with E-state index < -0.39 is 18.0 Å². The minimum absolute atomic E-state index is 0.000323. The number of halogens is 2. The number of ether oxygens (including phenoxy) is 2. The SMILES string of the molecule is Cc1cc(-c2nnc(-c3cc(F)c(OC[C@H]4OCC[C@@H]4O)cc3Cl)s2)cc(NC(C)C)n1. The van der Waals surface area contributed by atoms with E-state index in [1.54, 1.807) is 0 Å². The van der Waals surface area contributed by atoms with Gasteiger partial charge in [0.1, 0.15) is 28.5 Å². The molecule has 1 aromatic carbocycles. The van der Waals surface area contributed by atoms with Crippen LogP contribution in [-0.2, 0) is 4.74 Å². The van der Waals surface area contributed by atoms with Crippen molar-refractivity contribution in [2.45, 2.75) is 45.4 Å². The molecule has 0 saturated carbocycles. The first kappa shape index (κ1) is 22.8. The second-order valence-corrected chi connectivity index (χ2v) is 9.32. The average Bonchev–Trinajstić information content (AvgIpc) is 3.36. The summed E-state index contributed by atoms with van der Waals surface area (Å²) in [7, 11) is 0. The minimum atomic E-state index is -0.610. The number of aryl methyl sites for hydroxylation is 1. The van der Waals surface area contributed by atoms with Crippen molar-refractivity contribution in [3.63, 3.8) is 0 Å². The van der Waals surface area contributed by atoms with Gasteiger partial charge in [-0.1, -0.05) is 22.9 Å². The number of aromatic nitrogens is 3. The van der Waals surface area contributed by atoms with E-state index >= 15 is 0 Å². The first-order chi connectivity index (χ1) is 15.3. The van der Waals surface area contributed by atoms with Crippen molar-refractivity contribution in [3.8, 4) is 26.9 Å². The van der Waals surface area contributed by atoms with Crippen LogP contribution < -0.4 is 10.1 Å². The fraction of sp³-hybridized carbons (Fsp3) is 0.409. The molecular weight excluding hydrogens is 455 g/mol. The van der Waals surface area contributed by atoms with Gasteiger partial charge in [-0.05, 0) is 45.4 Å². The van der Waals surface area contributed by atoms with Crippen LogP contribution in [0.5, 0.6) is 5.75 Å². The molecule has 4 rings (SSSR count). The smallest absolute Gasteiger partial charge is 0.165 e. The number of anilines is 1. The molecule has 0 radical (unpaired) electrons. The molecule has 10 heteroatoms. The first-order valence-electron chi connectivity index (χ1n) is 10.3. The molecule has 1 fully saturated rings. The number of aliphatic hydroxyl groups excluding tert-OH is 1. The van der Waals surface area contributed by atoms with Crippen LogP contribution in [0, 0.1) is 12.7 Å². The Labute approximate surface area is 194 Å². The summed E-state index contributed by atoms with van der Waals surface area (Å²) in [5.41, 5.74) is 2.16. The molecule has 3 heterocycles. The predicted octanol–water partition coefficient (Wildman–Crippen LogP) is 4.72. The number of aliphatic hydroxyl groups is 1. The molecule has 2 N–H and O–H groups in total. The normalized spacial score (nSPS) is 18.3. The van der Waals surface area contributed by atoms with Crippen molar-refractivity contribution in [1.29, 1.82) is 0 Å². The highest BCUT2D eigenvalue weighted by atomic mass is 35.5. The van der Waals surface area contributed by atoms with Crippen molar-refractivity contribution in [2.24, 2.45) is 0 Å². The molecule has 2 aromatic heterocycles. The van der Waals surface area contributed by atoms with Crippen LogP contribution in [0.2, 0.25) is 5.02 Å². The predicted molar refractivity (Wildman–Crippen MR) is 123 cm³/mol. The summed E-state index contributed by atoms with van der Waals surface area (Å²) in [5.74, 6) is 0.186. The van der Waals surface area contributed by atoms with Crippen LogP contribution in [0.25, 0.3) is 21.1 Å². The Morgan fingerprint density at radius 3 is 2.78 bits per heavy atom. The maximum Gasteiger partial charge on any atom is 0.165 e. The van der Waals surface area contributed by atoms with Crippen molar-refractivity contribution in [3.05, 3.63) is 40.8 Å². The van der Waals surface area contributed by atoms with E-state index in [-0.39, 0.29) is 18.4 Å². The zero-order valence-corrected chi connectivity index (χ0v) is 19.5. The quantitative estimate of drug-likeness (QED) is 0.508. The fourth-order valence-corrected chi connectivity index (χ4v) is 4.54. The molecular formula is C22H24ClFN4O3S. The van der Waals surface area contributed by atoms with Crippen LogP contribution in [0.1, 0.15) is 26.0 Å². The monoisotopic (exact) mass is 478 g/mol. The van der Waals surface area contributed by atoms with E-state index in [2.05, 4.69) is 20.5 Å². The maximum atomic E-state index is 14.7. The summed E-state index contributed by atoms with van der Waals surface area (Å²) in [6.07, 6.45) is -0.542. The Hall–Kier alpha value is -2.33. The van der Waals surface area contributed by atoms with Crippen LogP contribution in [0.15, 0.2) is 24.3 Å². The van der Waals surface area contributed by atoms with Crippen molar-refractivity contribution >= 4 is 28.8 Å². The van der Waals surface area contributed by atoms with Crippen molar-refractivity contribution in [2.75, 3.05) is 18.5 Å². The third-order valence-corrected chi connectivity index (χ3v) is 6.21. The zero-order valence-electron chi connectivity index (χ0n) is 17.9. The van der Waals surface area contributed by atoms with Crippen LogP contribution >= 0.6 is 22.9 Å². The molecule has 1 aliphatic heterocycles. The summed E-state index contributed by atoms with van der Waals surface area (Å²) < 4.78 is 25.6. The van der Waals surface area contributed by atoms with E-state index in [0.29, 0.717) is 33.6 Å². The van der Waals surface area contributed by atoms with Gasteiger partial charge < -0.3 is 19.9 Å². The topological polar surface area (TPSA) is 89.4 Å². The molecule has 32 heavy (non-hydrogen) atoms. The lowest BCUT2D eigenvalue weighted by atomic mass is 10.2. The van der Waals surface area contributed by atoms with Crippen molar-refractivity contribution < 1.29 is 19.0 Å². The molecule has 2 atom stereocenters. The second kappa shape index (κ2) is 9.66. The summed E-state index contributed by atoms with van der Waals surface area (Å²) in [5, 5.41) is 23.1. The van der Waals surface area contributed by atoms with E-state index in [9.17, 15) is 9.50 Å². The Balaban J connectivity index is 1.55. The largest absolute Gasteiger partial charge is 0.488 e. The summed E-state index contributed by atoms with van der Waals surface area (Å²) in [4.78, 5) is 4.49. The molecule has 0 spiro atoms. The molecule has 1 aliphatic rings. The Bertz CT molecular complexity index is 1110. The fourth-order valence-electron chi connectivity index (χ4n) is 3.38. The molecule has 170 valence electrons. The maximum absolute atomic E-state index is 14.7. The third kappa shape index (κ3) is 5.17. The van der Waals surface area contributed by atoms with Crippen LogP contribution in [0.4, 0.5) is 10.2 Å². The van der Waals surface area contributed by atoms with Gasteiger partial charge in [0, 0.05) is 35.5 Å². The van der Waals surface area contributed by atoms with Gasteiger partial charge in [0.15, 0.2) is 11.6 Å². The van der Waals surface area contributed by atoms with Crippen LogP contribution in [0.3, 0.4) is 0 Å². The lowest BCUT2D eigenvalue weighted by Crippen LogP contribution is -2.28. The number of benzene rings is 1. The van der Waals surface area contributed by atoms with E-state index in [0.717, 1.165) is 17.1 Å².